The number of hydrogen-bond acceptors (Lipinski definition) is 3. The zero-order valence-corrected chi connectivity index (χ0v) is 10.8. The lowest BCUT2D eigenvalue weighted by atomic mass is 10.1. The van der Waals surface area contributed by atoms with Crippen LogP contribution in [0.1, 0.15) is 49.4 Å². The van der Waals surface area contributed by atoms with Crippen LogP contribution in [-0.4, -0.2) is 17.7 Å². The van der Waals surface area contributed by atoms with Crippen LogP contribution in [0.15, 0.2) is 18.2 Å². The molecule has 0 aliphatic carbocycles. The van der Waals surface area contributed by atoms with Gasteiger partial charge in [0.05, 0.1) is 12.2 Å². The number of ether oxygens (including phenoxy) is 1. The largest absolute Gasteiger partial charge is 0.494 e. The van der Waals surface area contributed by atoms with Crippen molar-refractivity contribution in [2.75, 3.05) is 12.3 Å². The lowest BCUT2D eigenvalue weighted by molar-refractivity contribution is 0.0697. The summed E-state index contributed by atoms with van der Waals surface area (Å²) in [6, 6.07) is 4.74. The standard InChI is InChI=1S/C14H21NO3/c1-2-3-4-5-6-9-18-11-7-8-13(15)12(10-11)14(16)17/h7-8,10H,2-6,9,15H2,1H3,(H,16,17). The first-order valence-electron chi connectivity index (χ1n) is 6.40. The number of benzene rings is 1. The molecule has 0 atom stereocenters. The van der Waals surface area contributed by atoms with Gasteiger partial charge in [-0.2, -0.15) is 0 Å². The van der Waals surface area contributed by atoms with Crippen molar-refractivity contribution in [1.29, 1.82) is 0 Å². The topological polar surface area (TPSA) is 72.5 Å². The normalized spacial score (nSPS) is 10.3. The third-order valence-electron chi connectivity index (χ3n) is 2.77. The maximum atomic E-state index is 10.9. The molecule has 0 heterocycles. The van der Waals surface area contributed by atoms with E-state index >= 15 is 0 Å². The molecule has 100 valence electrons. The van der Waals surface area contributed by atoms with Gasteiger partial charge >= 0.3 is 5.97 Å². The van der Waals surface area contributed by atoms with Gasteiger partial charge in [0, 0.05) is 5.69 Å². The van der Waals surface area contributed by atoms with E-state index in [4.69, 9.17) is 15.6 Å². The number of carboxylic acid groups (broad SMARTS) is 1. The second kappa shape index (κ2) is 7.58. The van der Waals surface area contributed by atoms with E-state index in [1.807, 2.05) is 0 Å². The maximum absolute atomic E-state index is 10.9. The van der Waals surface area contributed by atoms with Gasteiger partial charge in [-0.25, -0.2) is 4.79 Å². The molecule has 0 fully saturated rings. The van der Waals surface area contributed by atoms with Crippen LogP contribution >= 0.6 is 0 Å². The molecule has 4 heteroatoms. The highest BCUT2D eigenvalue weighted by molar-refractivity contribution is 5.94. The Hall–Kier alpha value is -1.71. The van der Waals surface area contributed by atoms with Crippen LogP contribution in [-0.2, 0) is 0 Å². The van der Waals surface area contributed by atoms with Crippen LogP contribution in [0.3, 0.4) is 0 Å². The SMILES string of the molecule is CCCCCCCOc1ccc(N)c(C(=O)O)c1. The summed E-state index contributed by atoms with van der Waals surface area (Å²) >= 11 is 0. The van der Waals surface area contributed by atoms with Gasteiger partial charge in [0.25, 0.3) is 0 Å². The van der Waals surface area contributed by atoms with E-state index in [0.29, 0.717) is 12.4 Å². The maximum Gasteiger partial charge on any atom is 0.337 e. The summed E-state index contributed by atoms with van der Waals surface area (Å²) in [7, 11) is 0. The number of nitrogens with two attached hydrogens (primary N) is 1. The number of anilines is 1. The van der Waals surface area contributed by atoms with E-state index in [1.165, 1.54) is 25.3 Å². The van der Waals surface area contributed by atoms with Crippen LogP contribution < -0.4 is 10.5 Å². The van der Waals surface area contributed by atoms with Crippen LogP contribution in [0.4, 0.5) is 5.69 Å². The second-order valence-corrected chi connectivity index (χ2v) is 4.32. The molecule has 0 saturated carbocycles. The molecule has 18 heavy (non-hydrogen) atoms. The van der Waals surface area contributed by atoms with Gasteiger partial charge in [-0.3, -0.25) is 0 Å². The predicted octanol–water partition coefficient (Wildman–Crippen LogP) is 3.32. The molecule has 0 saturated heterocycles. The molecule has 1 aromatic carbocycles. The van der Waals surface area contributed by atoms with Crippen LogP contribution in [0.5, 0.6) is 5.75 Å². The summed E-state index contributed by atoms with van der Waals surface area (Å²) in [4.78, 5) is 10.9. The first-order valence-corrected chi connectivity index (χ1v) is 6.40. The number of rotatable bonds is 8. The van der Waals surface area contributed by atoms with Gasteiger partial charge in [0.2, 0.25) is 0 Å². The van der Waals surface area contributed by atoms with Crippen molar-refractivity contribution in [3.05, 3.63) is 23.8 Å². The Morgan fingerprint density at radius 3 is 2.67 bits per heavy atom. The van der Waals surface area contributed by atoms with Crippen molar-refractivity contribution in [1.82, 2.24) is 0 Å². The summed E-state index contributed by atoms with van der Waals surface area (Å²) in [6.45, 7) is 2.80. The van der Waals surface area contributed by atoms with E-state index in [0.717, 1.165) is 12.8 Å². The van der Waals surface area contributed by atoms with E-state index < -0.39 is 5.97 Å². The number of aromatic carboxylic acids is 1. The van der Waals surface area contributed by atoms with Gasteiger partial charge in [0.1, 0.15) is 5.75 Å². The van der Waals surface area contributed by atoms with Crippen molar-refractivity contribution < 1.29 is 14.6 Å². The van der Waals surface area contributed by atoms with E-state index in [1.54, 1.807) is 12.1 Å². The van der Waals surface area contributed by atoms with Crippen molar-refractivity contribution in [2.24, 2.45) is 0 Å². The van der Waals surface area contributed by atoms with Gasteiger partial charge in [-0.1, -0.05) is 32.6 Å². The molecule has 0 spiro atoms. The molecule has 0 aliphatic rings. The molecule has 1 rings (SSSR count). The highest BCUT2D eigenvalue weighted by Crippen LogP contribution is 2.20. The van der Waals surface area contributed by atoms with Crippen molar-refractivity contribution in [3.63, 3.8) is 0 Å². The molecule has 0 bridgehead atoms. The summed E-state index contributed by atoms with van der Waals surface area (Å²) in [5.41, 5.74) is 5.92. The molecule has 0 aliphatic heterocycles. The second-order valence-electron chi connectivity index (χ2n) is 4.32. The molecule has 4 nitrogen and oxygen atoms in total. The molecule has 1 aromatic rings. The Bertz CT molecular complexity index is 391. The van der Waals surface area contributed by atoms with Gasteiger partial charge < -0.3 is 15.6 Å². The minimum absolute atomic E-state index is 0.0958. The van der Waals surface area contributed by atoms with Crippen molar-refractivity contribution >= 4 is 11.7 Å². The number of nitrogen functional groups attached to an aromatic ring is 1. The minimum atomic E-state index is -1.03. The fourth-order valence-corrected chi connectivity index (χ4v) is 1.71. The fourth-order valence-electron chi connectivity index (χ4n) is 1.71. The summed E-state index contributed by atoms with van der Waals surface area (Å²) in [5.74, 6) is -0.460. The fraction of sp³-hybridized carbons (Fsp3) is 0.500. The smallest absolute Gasteiger partial charge is 0.337 e. The number of unbranched alkanes of at least 4 members (excludes halogenated alkanes) is 4. The zero-order valence-electron chi connectivity index (χ0n) is 10.8. The average Bonchev–Trinajstić information content (AvgIpc) is 2.35. The molecule has 0 aromatic heterocycles. The lowest BCUT2D eigenvalue weighted by Crippen LogP contribution is -2.04. The molecule has 0 radical (unpaired) electrons. The molecule has 3 N–H and O–H groups in total. The Labute approximate surface area is 108 Å². The molecule has 0 unspecified atom stereocenters. The van der Waals surface area contributed by atoms with Crippen LogP contribution in [0.25, 0.3) is 0 Å². The van der Waals surface area contributed by atoms with E-state index in [9.17, 15) is 4.79 Å². The van der Waals surface area contributed by atoms with Crippen LogP contribution in [0.2, 0.25) is 0 Å². The van der Waals surface area contributed by atoms with Crippen molar-refractivity contribution in [3.8, 4) is 5.75 Å². The monoisotopic (exact) mass is 251 g/mol. The number of hydrogen-bond donors (Lipinski definition) is 2. The number of carbonyl (C=O) groups is 1. The Morgan fingerprint density at radius 1 is 1.28 bits per heavy atom. The quantitative estimate of drug-likeness (QED) is 0.549. The Kier molecular flexibility index (Phi) is 6.05. The predicted molar refractivity (Wildman–Crippen MR) is 72.1 cm³/mol. The Balaban J connectivity index is 2.38. The van der Waals surface area contributed by atoms with E-state index in [-0.39, 0.29) is 11.3 Å². The highest BCUT2D eigenvalue weighted by Gasteiger charge is 2.08. The van der Waals surface area contributed by atoms with E-state index in [2.05, 4.69) is 6.92 Å². The summed E-state index contributed by atoms with van der Waals surface area (Å²) in [5, 5.41) is 8.92. The summed E-state index contributed by atoms with van der Waals surface area (Å²) in [6.07, 6.45) is 5.84. The lowest BCUT2D eigenvalue weighted by Gasteiger charge is -2.08. The van der Waals surface area contributed by atoms with Gasteiger partial charge in [-0.15, -0.1) is 0 Å². The molecular formula is C14H21NO3. The van der Waals surface area contributed by atoms with Crippen LogP contribution in [0, 0.1) is 0 Å². The van der Waals surface area contributed by atoms with Crippen molar-refractivity contribution in [2.45, 2.75) is 39.0 Å². The zero-order chi connectivity index (χ0) is 13.4. The average molecular weight is 251 g/mol. The molecule has 0 amide bonds. The third kappa shape index (κ3) is 4.65. The first kappa shape index (κ1) is 14.4. The van der Waals surface area contributed by atoms with Gasteiger partial charge in [0.15, 0.2) is 0 Å². The minimum Gasteiger partial charge on any atom is -0.494 e. The number of carboxylic acids is 1. The first-order chi connectivity index (χ1) is 8.65. The Morgan fingerprint density at radius 2 is 2.00 bits per heavy atom. The molecular weight excluding hydrogens is 230 g/mol. The van der Waals surface area contributed by atoms with Gasteiger partial charge in [-0.05, 0) is 24.6 Å². The summed E-state index contributed by atoms with van der Waals surface area (Å²) < 4.78 is 5.51. The third-order valence-corrected chi connectivity index (χ3v) is 2.77. The highest BCUT2D eigenvalue weighted by atomic mass is 16.5.